The first-order chi connectivity index (χ1) is 15.2. The summed E-state index contributed by atoms with van der Waals surface area (Å²) in [6, 6.07) is 10.1. The maximum atomic E-state index is 12.4. The third kappa shape index (κ3) is 7.87. The van der Waals surface area contributed by atoms with E-state index in [1.165, 1.54) is 5.01 Å². The van der Waals surface area contributed by atoms with E-state index in [1.54, 1.807) is 6.92 Å². The lowest BCUT2D eigenvalue weighted by Gasteiger charge is -2.35. The number of hydrogen-bond acceptors (Lipinski definition) is 5. The van der Waals surface area contributed by atoms with Crippen LogP contribution in [0.3, 0.4) is 0 Å². The number of benzene rings is 1. The summed E-state index contributed by atoms with van der Waals surface area (Å²) in [5.74, 6) is 0.126. The lowest BCUT2D eigenvalue weighted by atomic mass is 9.95. The number of carbonyl (C=O) groups excluding carboxylic acids is 1. The van der Waals surface area contributed by atoms with Crippen LogP contribution in [-0.4, -0.2) is 51.5 Å². The molecule has 1 aromatic rings. The monoisotopic (exact) mass is 460 g/mol. The zero-order valence-electron chi connectivity index (χ0n) is 20.5. The summed E-state index contributed by atoms with van der Waals surface area (Å²) < 4.78 is 17.3. The third-order valence-electron chi connectivity index (χ3n) is 6.24. The van der Waals surface area contributed by atoms with E-state index in [9.17, 15) is 4.79 Å². The molecule has 1 aromatic carbocycles. The van der Waals surface area contributed by atoms with Crippen molar-refractivity contribution < 1.29 is 18.7 Å². The molecule has 0 bridgehead atoms. The first-order valence-corrected chi connectivity index (χ1v) is 14.5. The van der Waals surface area contributed by atoms with Crippen molar-refractivity contribution in [3.8, 4) is 0 Å². The van der Waals surface area contributed by atoms with Crippen LogP contribution in [0.1, 0.15) is 46.1 Å². The summed E-state index contributed by atoms with van der Waals surface area (Å²) >= 11 is 0. The normalized spacial score (nSPS) is 19.1. The Morgan fingerprint density at radius 3 is 2.56 bits per heavy atom. The smallest absolute Gasteiger partial charge is 0.430 e. The highest BCUT2D eigenvalue weighted by molar-refractivity contribution is 6.74. The second kappa shape index (κ2) is 12.3. The van der Waals surface area contributed by atoms with Gasteiger partial charge < -0.3 is 13.9 Å². The first kappa shape index (κ1) is 26.3. The van der Waals surface area contributed by atoms with Crippen molar-refractivity contribution in [3.05, 3.63) is 48.0 Å². The SMILES string of the molecule is CCOC(=O)N1N=C[C@@H](CCOCc2ccccc2)C1C/C=C\CO[Si](C)(C)C(C)(C)C. The van der Waals surface area contributed by atoms with Gasteiger partial charge in [0.15, 0.2) is 8.32 Å². The van der Waals surface area contributed by atoms with Gasteiger partial charge in [0.05, 0.1) is 25.9 Å². The molecular weight excluding hydrogens is 420 g/mol. The lowest BCUT2D eigenvalue weighted by molar-refractivity contribution is 0.0811. The molecule has 0 fully saturated rings. The Kier molecular flexibility index (Phi) is 10.1. The fourth-order valence-corrected chi connectivity index (χ4v) is 4.14. The minimum Gasteiger partial charge on any atom is -0.448 e. The number of nitrogens with zero attached hydrogens (tertiary/aromatic N) is 2. The van der Waals surface area contributed by atoms with Crippen LogP contribution in [0.5, 0.6) is 0 Å². The van der Waals surface area contributed by atoms with Gasteiger partial charge in [-0.2, -0.15) is 10.1 Å². The highest BCUT2D eigenvalue weighted by atomic mass is 28.4. The molecule has 0 spiro atoms. The van der Waals surface area contributed by atoms with Crippen molar-refractivity contribution in [2.24, 2.45) is 11.0 Å². The van der Waals surface area contributed by atoms with Gasteiger partial charge in [0.2, 0.25) is 0 Å². The molecule has 178 valence electrons. The molecule has 1 aliphatic rings. The summed E-state index contributed by atoms with van der Waals surface area (Å²) in [6.45, 7) is 15.1. The van der Waals surface area contributed by atoms with Gasteiger partial charge >= 0.3 is 6.09 Å². The Bertz CT molecular complexity index is 759. The van der Waals surface area contributed by atoms with Crippen LogP contribution in [0.15, 0.2) is 47.6 Å². The number of carbonyl (C=O) groups is 1. The van der Waals surface area contributed by atoms with Crippen molar-refractivity contribution >= 4 is 20.6 Å². The topological polar surface area (TPSA) is 60.4 Å². The zero-order valence-corrected chi connectivity index (χ0v) is 21.5. The number of hydrazone groups is 1. The minimum atomic E-state index is -1.77. The van der Waals surface area contributed by atoms with Crippen molar-refractivity contribution in [3.63, 3.8) is 0 Å². The highest BCUT2D eigenvalue weighted by Crippen LogP contribution is 2.36. The summed E-state index contributed by atoms with van der Waals surface area (Å²) in [5.41, 5.74) is 1.15. The maximum absolute atomic E-state index is 12.4. The molecule has 2 rings (SSSR count). The van der Waals surface area contributed by atoms with Crippen LogP contribution >= 0.6 is 0 Å². The van der Waals surface area contributed by atoms with E-state index in [0.717, 1.165) is 12.0 Å². The van der Waals surface area contributed by atoms with Crippen LogP contribution in [-0.2, 0) is 20.5 Å². The van der Waals surface area contributed by atoms with Gasteiger partial charge in [0.1, 0.15) is 0 Å². The van der Waals surface area contributed by atoms with Crippen LogP contribution < -0.4 is 0 Å². The van der Waals surface area contributed by atoms with Crippen LogP contribution in [0.2, 0.25) is 18.1 Å². The van der Waals surface area contributed by atoms with Crippen LogP contribution in [0, 0.1) is 5.92 Å². The lowest BCUT2D eigenvalue weighted by Crippen LogP contribution is -2.40. The molecule has 1 heterocycles. The Labute approximate surface area is 194 Å². The molecule has 0 N–H and O–H groups in total. The minimum absolute atomic E-state index is 0.0708. The Morgan fingerprint density at radius 2 is 1.91 bits per heavy atom. The molecule has 32 heavy (non-hydrogen) atoms. The number of ether oxygens (including phenoxy) is 2. The van der Waals surface area contributed by atoms with E-state index in [-0.39, 0.29) is 17.0 Å². The summed E-state index contributed by atoms with van der Waals surface area (Å²) in [5, 5.41) is 6.01. The molecule has 0 aromatic heterocycles. The van der Waals surface area contributed by atoms with E-state index in [2.05, 4.69) is 63.3 Å². The molecule has 0 aliphatic carbocycles. The van der Waals surface area contributed by atoms with Gasteiger partial charge in [-0.05, 0) is 43.5 Å². The van der Waals surface area contributed by atoms with Gasteiger partial charge in [0.25, 0.3) is 0 Å². The first-order valence-electron chi connectivity index (χ1n) is 11.6. The largest absolute Gasteiger partial charge is 0.448 e. The van der Waals surface area contributed by atoms with E-state index in [0.29, 0.717) is 32.8 Å². The van der Waals surface area contributed by atoms with Gasteiger partial charge in [-0.1, -0.05) is 63.3 Å². The molecule has 0 saturated heterocycles. The van der Waals surface area contributed by atoms with Gasteiger partial charge in [0, 0.05) is 18.7 Å². The fourth-order valence-electron chi connectivity index (χ4n) is 3.20. The van der Waals surface area contributed by atoms with Crippen molar-refractivity contribution in [1.29, 1.82) is 0 Å². The average molecular weight is 461 g/mol. The number of amides is 1. The number of rotatable bonds is 11. The van der Waals surface area contributed by atoms with Gasteiger partial charge in [-0.15, -0.1) is 0 Å². The second-order valence-corrected chi connectivity index (χ2v) is 14.5. The maximum Gasteiger partial charge on any atom is 0.430 e. The highest BCUT2D eigenvalue weighted by Gasteiger charge is 2.37. The van der Waals surface area contributed by atoms with E-state index in [1.807, 2.05) is 24.4 Å². The predicted octanol–water partition coefficient (Wildman–Crippen LogP) is 6.00. The predicted molar refractivity (Wildman–Crippen MR) is 132 cm³/mol. The second-order valence-electron chi connectivity index (χ2n) is 9.64. The molecule has 0 radical (unpaired) electrons. The Morgan fingerprint density at radius 1 is 1.19 bits per heavy atom. The average Bonchev–Trinajstić information content (AvgIpc) is 3.14. The molecule has 1 unspecified atom stereocenters. The molecule has 1 aliphatic heterocycles. The quantitative estimate of drug-likeness (QED) is 0.231. The van der Waals surface area contributed by atoms with E-state index >= 15 is 0 Å². The van der Waals surface area contributed by atoms with Crippen molar-refractivity contribution in [1.82, 2.24) is 5.01 Å². The standard InChI is InChI=1S/C25H40N2O4Si/c1-7-30-24(28)27-23(15-11-12-17-31-32(5,6)25(2,3)4)22(19-26-27)16-18-29-20-21-13-9-8-10-14-21/h8-14,19,22-23H,7,15-18,20H2,1-6H3/b12-11-/t22-,23?/m1/s1. The van der Waals surface area contributed by atoms with Crippen LogP contribution in [0.4, 0.5) is 4.79 Å². The summed E-state index contributed by atoms with van der Waals surface area (Å²) in [7, 11) is -1.77. The Hall–Kier alpha value is -1.96. The third-order valence-corrected chi connectivity index (χ3v) is 10.7. The van der Waals surface area contributed by atoms with E-state index in [4.69, 9.17) is 13.9 Å². The molecule has 0 saturated carbocycles. The number of hydrogen-bond donors (Lipinski definition) is 0. The van der Waals surface area contributed by atoms with Crippen LogP contribution in [0.25, 0.3) is 0 Å². The van der Waals surface area contributed by atoms with Crippen molar-refractivity contribution in [2.75, 3.05) is 19.8 Å². The summed E-state index contributed by atoms with van der Waals surface area (Å²) in [4.78, 5) is 12.4. The fraction of sp³-hybridized carbons (Fsp3) is 0.600. The zero-order chi connectivity index (χ0) is 23.6. The molecular formula is C25H40N2O4Si. The van der Waals surface area contributed by atoms with Gasteiger partial charge in [-0.3, -0.25) is 0 Å². The molecule has 6 nitrogen and oxygen atoms in total. The van der Waals surface area contributed by atoms with Crippen molar-refractivity contribution in [2.45, 2.75) is 71.3 Å². The summed E-state index contributed by atoms with van der Waals surface area (Å²) in [6.07, 6.45) is 7.11. The van der Waals surface area contributed by atoms with Gasteiger partial charge in [-0.25, -0.2) is 4.79 Å². The van der Waals surface area contributed by atoms with E-state index < -0.39 is 14.4 Å². The Balaban J connectivity index is 1.88. The molecule has 7 heteroatoms. The molecule has 1 amide bonds. The molecule has 2 atom stereocenters.